The Labute approximate surface area is 55.6 Å². The van der Waals surface area contributed by atoms with E-state index in [1.165, 1.54) is 0 Å². The molecular formula is C5H6F3NO. The van der Waals surface area contributed by atoms with Gasteiger partial charge >= 0.3 is 0 Å². The number of rotatable bonds is 2. The van der Waals surface area contributed by atoms with Crippen LogP contribution in [0.25, 0.3) is 0 Å². The Kier molecular flexibility index (Phi) is 1.82. The van der Waals surface area contributed by atoms with Crippen LogP contribution in [0.2, 0.25) is 0 Å². The van der Waals surface area contributed by atoms with Gasteiger partial charge in [-0.1, -0.05) is 0 Å². The van der Waals surface area contributed by atoms with Crippen LogP contribution in [0.4, 0.5) is 13.2 Å². The number of carbonyl (C=O) groups excluding carboxylic acids is 1. The molecule has 1 heterocycles. The van der Waals surface area contributed by atoms with Crippen LogP contribution >= 0.6 is 0 Å². The summed E-state index contributed by atoms with van der Waals surface area (Å²) in [5, 5.41) is 0. The molecule has 1 aliphatic heterocycles. The maximum atomic E-state index is 12.2. The number of hydrogen-bond acceptors (Lipinski definition) is 1. The molecule has 1 amide bonds. The summed E-state index contributed by atoms with van der Waals surface area (Å²) in [5.41, 5.74) is 0. The first-order valence-electron chi connectivity index (χ1n) is 2.84. The summed E-state index contributed by atoms with van der Waals surface area (Å²) in [6, 6.07) is 0. The number of carbonyl (C=O) groups is 1. The van der Waals surface area contributed by atoms with Crippen molar-refractivity contribution in [3.8, 4) is 0 Å². The van der Waals surface area contributed by atoms with Gasteiger partial charge in [0.25, 0.3) is 6.43 Å². The van der Waals surface area contributed by atoms with Crippen molar-refractivity contribution >= 4 is 5.91 Å². The average molecular weight is 153 g/mol. The second kappa shape index (κ2) is 2.48. The van der Waals surface area contributed by atoms with Crippen molar-refractivity contribution in [1.29, 1.82) is 0 Å². The molecule has 1 rings (SSSR count). The zero-order valence-electron chi connectivity index (χ0n) is 5.06. The van der Waals surface area contributed by atoms with Gasteiger partial charge in [0.1, 0.15) is 0 Å². The number of halogens is 3. The molecule has 0 N–H and O–H groups in total. The van der Waals surface area contributed by atoms with E-state index in [4.69, 9.17) is 0 Å². The highest BCUT2D eigenvalue weighted by Gasteiger charge is 2.36. The number of hydrogen-bond donors (Lipinski definition) is 0. The molecule has 0 aromatic carbocycles. The van der Waals surface area contributed by atoms with Crippen molar-refractivity contribution in [2.24, 2.45) is 0 Å². The van der Waals surface area contributed by atoms with Crippen LogP contribution in [0.15, 0.2) is 0 Å². The lowest BCUT2D eigenvalue weighted by Gasteiger charge is -2.32. The fraction of sp³-hybridized carbons (Fsp3) is 0.800. The van der Waals surface area contributed by atoms with E-state index in [9.17, 15) is 18.0 Å². The Bertz CT molecular complexity index is 150. The smallest absolute Gasteiger partial charge is 0.287 e. The van der Waals surface area contributed by atoms with E-state index in [1.807, 2.05) is 0 Å². The van der Waals surface area contributed by atoms with E-state index in [-0.39, 0.29) is 13.0 Å². The largest absolute Gasteiger partial charge is 0.307 e. The first kappa shape index (κ1) is 7.37. The van der Waals surface area contributed by atoms with Gasteiger partial charge in [-0.2, -0.15) is 0 Å². The highest BCUT2D eigenvalue weighted by Crippen LogP contribution is 2.18. The molecule has 10 heavy (non-hydrogen) atoms. The molecule has 1 unspecified atom stereocenters. The molecule has 2 nitrogen and oxygen atoms in total. The van der Waals surface area contributed by atoms with Crippen molar-refractivity contribution in [2.75, 3.05) is 6.54 Å². The fourth-order valence-electron chi connectivity index (χ4n) is 0.729. The quantitative estimate of drug-likeness (QED) is 0.424. The number of amides is 1. The molecule has 0 aromatic rings. The predicted molar refractivity (Wildman–Crippen MR) is 27.2 cm³/mol. The molecule has 5 heteroatoms. The summed E-state index contributed by atoms with van der Waals surface area (Å²) in [7, 11) is 0. The van der Waals surface area contributed by atoms with Crippen LogP contribution in [0.5, 0.6) is 0 Å². The van der Waals surface area contributed by atoms with E-state index in [0.717, 1.165) is 0 Å². The average Bonchev–Trinajstić information content (AvgIpc) is 1.84. The summed E-state index contributed by atoms with van der Waals surface area (Å²) < 4.78 is 35.2. The maximum Gasteiger partial charge on any atom is 0.287 e. The zero-order valence-corrected chi connectivity index (χ0v) is 5.06. The van der Waals surface area contributed by atoms with Crippen molar-refractivity contribution in [3.63, 3.8) is 0 Å². The summed E-state index contributed by atoms with van der Waals surface area (Å²) in [4.78, 5) is 10.9. The molecule has 0 bridgehead atoms. The van der Waals surface area contributed by atoms with Gasteiger partial charge < -0.3 is 4.90 Å². The van der Waals surface area contributed by atoms with E-state index in [2.05, 4.69) is 0 Å². The molecule has 0 radical (unpaired) electrons. The summed E-state index contributed by atoms with van der Waals surface area (Å²) in [6.45, 7) is 0.115. The second-order valence-corrected chi connectivity index (χ2v) is 2.04. The molecule has 58 valence electrons. The number of likely N-dealkylation sites (tertiary alicyclic amines) is 1. The monoisotopic (exact) mass is 153 g/mol. The molecule has 1 atom stereocenters. The third kappa shape index (κ3) is 1.08. The standard InChI is InChI=1S/C5H6F3NO/c6-4(7)5(8)9-2-1-3(9)10/h4-5H,1-2H2. The van der Waals surface area contributed by atoms with Gasteiger partial charge in [0, 0.05) is 13.0 Å². The lowest BCUT2D eigenvalue weighted by atomic mass is 10.2. The van der Waals surface area contributed by atoms with Crippen molar-refractivity contribution in [3.05, 3.63) is 0 Å². The van der Waals surface area contributed by atoms with Gasteiger partial charge in [-0.05, 0) is 0 Å². The van der Waals surface area contributed by atoms with Crippen molar-refractivity contribution in [1.82, 2.24) is 4.90 Å². The van der Waals surface area contributed by atoms with Crippen LogP contribution in [0.1, 0.15) is 6.42 Å². The van der Waals surface area contributed by atoms with Crippen LogP contribution in [0.3, 0.4) is 0 Å². The van der Waals surface area contributed by atoms with E-state index >= 15 is 0 Å². The van der Waals surface area contributed by atoms with Crippen LogP contribution in [-0.2, 0) is 4.79 Å². The minimum absolute atomic E-state index is 0.115. The molecule has 1 fully saturated rings. The van der Waals surface area contributed by atoms with Crippen LogP contribution in [-0.4, -0.2) is 30.1 Å². The summed E-state index contributed by atoms with van der Waals surface area (Å²) in [5.74, 6) is -0.534. The topological polar surface area (TPSA) is 20.3 Å². The van der Waals surface area contributed by atoms with Gasteiger partial charge in [0.15, 0.2) is 0 Å². The second-order valence-electron chi connectivity index (χ2n) is 2.04. The first-order valence-corrected chi connectivity index (χ1v) is 2.84. The normalized spacial score (nSPS) is 21.2. The highest BCUT2D eigenvalue weighted by molar-refractivity contribution is 5.81. The van der Waals surface area contributed by atoms with Gasteiger partial charge in [-0.15, -0.1) is 0 Å². The van der Waals surface area contributed by atoms with E-state index in [0.29, 0.717) is 4.90 Å². The Hall–Kier alpha value is -0.740. The maximum absolute atomic E-state index is 12.2. The lowest BCUT2D eigenvalue weighted by molar-refractivity contribution is -0.157. The Morgan fingerprint density at radius 1 is 1.40 bits per heavy atom. The third-order valence-corrected chi connectivity index (χ3v) is 1.39. The Balaban J connectivity index is 2.41. The highest BCUT2D eigenvalue weighted by atomic mass is 19.3. The SMILES string of the molecule is O=C1CCN1C(F)C(F)F. The fourth-order valence-corrected chi connectivity index (χ4v) is 0.729. The van der Waals surface area contributed by atoms with Crippen LogP contribution < -0.4 is 0 Å². The minimum Gasteiger partial charge on any atom is -0.307 e. The third-order valence-electron chi connectivity index (χ3n) is 1.39. The molecular weight excluding hydrogens is 147 g/mol. The lowest BCUT2D eigenvalue weighted by Crippen LogP contribution is -2.50. The van der Waals surface area contributed by atoms with Gasteiger partial charge in [-0.3, -0.25) is 4.79 Å². The summed E-state index contributed by atoms with van der Waals surface area (Å²) in [6.07, 6.45) is -5.29. The molecule has 0 spiro atoms. The van der Waals surface area contributed by atoms with E-state index in [1.54, 1.807) is 0 Å². The van der Waals surface area contributed by atoms with Gasteiger partial charge in [0.2, 0.25) is 12.2 Å². The number of alkyl halides is 3. The minimum atomic E-state index is -3.08. The molecule has 1 saturated heterocycles. The Morgan fingerprint density at radius 3 is 2.10 bits per heavy atom. The first-order chi connectivity index (χ1) is 4.63. The number of β-lactam (4-membered cyclic amide) rings is 1. The van der Waals surface area contributed by atoms with Gasteiger partial charge in [-0.25, -0.2) is 13.2 Å². The Morgan fingerprint density at radius 2 is 2.00 bits per heavy atom. The molecule has 0 saturated carbocycles. The summed E-state index contributed by atoms with van der Waals surface area (Å²) >= 11 is 0. The zero-order chi connectivity index (χ0) is 7.72. The number of nitrogens with zero attached hydrogens (tertiary/aromatic N) is 1. The molecule has 1 aliphatic rings. The van der Waals surface area contributed by atoms with Crippen molar-refractivity contribution < 1.29 is 18.0 Å². The van der Waals surface area contributed by atoms with Crippen molar-refractivity contribution in [2.45, 2.75) is 19.1 Å². The predicted octanol–water partition coefficient (Wildman–Crippen LogP) is 0.779. The molecule has 0 aromatic heterocycles. The molecule has 0 aliphatic carbocycles. The van der Waals surface area contributed by atoms with E-state index < -0.39 is 18.6 Å². The van der Waals surface area contributed by atoms with Gasteiger partial charge in [0.05, 0.1) is 0 Å². The van der Waals surface area contributed by atoms with Crippen LogP contribution in [0, 0.1) is 0 Å².